The number of nitrogens with one attached hydrogen (secondary N) is 1. The van der Waals surface area contributed by atoms with Gasteiger partial charge in [0.05, 0.1) is 17.1 Å². The van der Waals surface area contributed by atoms with Crippen LogP contribution in [0.3, 0.4) is 0 Å². The van der Waals surface area contributed by atoms with Crippen molar-refractivity contribution in [2.24, 2.45) is 0 Å². The number of nitrogens with zero attached hydrogens (tertiary/aromatic N) is 1. The van der Waals surface area contributed by atoms with Crippen LogP contribution in [0.2, 0.25) is 5.02 Å². The maximum Gasteiger partial charge on any atom is 0.359 e. The monoisotopic (exact) mass is 368 g/mol. The number of benzene rings is 1. The van der Waals surface area contributed by atoms with E-state index in [1.54, 1.807) is 31.2 Å². The Labute approximate surface area is 148 Å². The number of thiazole rings is 1. The van der Waals surface area contributed by atoms with Gasteiger partial charge in [-0.15, -0.1) is 11.3 Å². The van der Waals surface area contributed by atoms with Crippen LogP contribution in [0.5, 0.6) is 5.75 Å². The van der Waals surface area contributed by atoms with Crippen LogP contribution in [0, 0.1) is 0 Å². The zero-order valence-electron chi connectivity index (χ0n) is 13.5. The number of hydrogen-bond acceptors (Lipinski definition) is 6. The first-order valence-corrected chi connectivity index (χ1v) is 8.45. The van der Waals surface area contributed by atoms with E-state index in [-0.39, 0.29) is 5.69 Å². The van der Waals surface area contributed by atoms with Crippen molar-refractivity contribution in [2.45, 2.75) is 26.4 Å². The molecule has 0 aliphatic rings. The van der Waals surface area contributed by atoms with Crippen LogP contribution in [0.15, 0.2) is 24.3 Å². The number of carbonyl (C=O) groups excluding carboxylic acids is 2. The van der Waals surface area contributed by atoms with E-state index in [1.165, 1.54) is 18.4 Å². The second-order valence-corrected chi connectivity index (χ2v) is 6.30. The van der Waals surface area contributed by atoms with Gasteiger partial charge in [0.15, 0.2) is 11.8 Å². The van der Waals surface area contributed by atoms with E-state index in [9.17, 15) is 9.59 Å². The van der Waals surface area contributed by atoms with Crippen LogP contribution in [0.4, 0.5) is 5.00 Å². The number of para-hydroxylation sites is 1. The molecule has 1 unspecified atom stereocenters. The van der Waals surface area contributed by atoms with E-state index in [0.717, 1.165) is 5.01 Å². The summed E-state index contributed by atoms with van der Waals surface area (Å²) in [6.07, 6.45) is -0.154. The summed E-state index contributed by atoms with van der Waals surface area (Å²) in [5, 5.41) is 4.16. The van der Waals surface area contributed by atoms with Gasteiger partial charge in [0.1, 0.15) is 10.8 Å². The number of halogens is 1. The lowest BCUT2D eigenvalue weighted by Gasteiger charge is -2.15. The highest BCUT2D eigenvalue weighted by molar-refractivity contribution is 7.16. The van der Waals surface area contributed by atoms with Crippen molar-refractivity contribution in [3.8, 4) is 5.75 Å². The third kappa shape index (κ3) is 4.24. The molecule has 0 saturated heterocycles. The van der Waals surface area contributed by atoms with Crippen molar-refractivity contribution in [3.63, 3.8) is 0 Å². The van der Waals surface area contributed by atoms with Gasteiger partial charge in [-0.25, -0.2) is 9.78 Å². The Balaban J connectivity index is 2.12. The molecule has 0 radical (unpaired) electrons. The molecule has 2 rings (SSSR count). The third-order valence-electron chi connectivity index (χ3n) is 3.10. The molecular weight excluding hydrogens is 352 g/mol. The number of amides is 1. The number of aryl methyl sites for hydroxylation is 1. The summed E-state index contributed by atoms with van der Waals surface area (Å²) < 4.78 is 10.3. The highest BCUT2D eigenvalue weighted by Crippen LogP contribution is 2.27. The van der Waals surface area contributed by atoms with Crippen LogP contribution in [0.25, 0.3) is 0 Å². The predicted octanol–water partition coefficient (Wildman–Crippen LogP) is 3.55. The molecule has 0 saturated carbocycles. The summed E-state index contributed by atoms with van der Waals surface area (Å²) in [4.78, 5) is 28.3. The molecule has 6 nitrogen and oxygen atoms in total. The average Bonchev–Trinajstić information content (AvgIpc) is 2.99. The molecule has 1 N–H and O–H groups in total. The van der Waals surface area contributed by atoms with Crippen molar-refractivity contribution in [1.82, 2.24) is 4.98 Å². The van der Waals surface area contributed by atoms with Gasteiger partial charge in [-0.2, -0.15) is 0 Å². The zero-order valence-corrected chi connectivity index (χ0v) is 15.0. The summed E-state index contributed by atoms with van der Waals surface area (Å²) in [5.41, 5.74) is 0.0950. The van der Waals surface area contributed by atoms with Gasteiger partial charge in [0.25, 0.3) is 5.91 Å². The number of anilines is 1. The smallest absolute Gasteiger partial charge is 0.359 e. The Morgan fingerprint density at radius 3 is 2.71 bits per heavy atom. The van der Waals surface area contributed by atoms with Crippen molar-refractivity contribution in [1.29, 1.82) is 0 Å². The normalized spacial score (nSPS) is 11.7. The minimum absolute atomic E-state index is 0.0950. The van der Waals surface area contributed by atoms with Crippen molar-refractivity contribution < 1.29 is 19.1 Å². The summed E-state index contributed by atoms with van der Waals surface area (Å²) in [5.74, 6) is -0.596. The second kappa shape index (κ2) is 8.12. The Hall–Kier alpha value is -2.12. The number of carbonyl (C=O) groups is 2. The highest BCUT2D eigenvalue weighted by Gasteiger charge is 2.23. The quantitative estimate of drug-likeness (QED) is 0.789. The van der Waals surface area contributed by atoms with E-state index in [4.69, 9.17) is 21.1 Å². The predicted molar refractivity (Wildman–Crippen MR) is 93.0 cm³/mol. The standard InChI is InChI=1S/C16H17ClN2O4S/c1-4-12-18-13(16(21)22-3)15(24-12)19-14(20)9(2)23-11-8-6-5-7-10(11)17/h5-9H,4H2,1-3H3,(H,19,20). The maximum atomic E-state index is 12.3. The molecule has 2 aromatic rings. The first kappa shape index (κ1) is 18.2. The van der Waals surface area contributed by atoms with E-state index in [2.05, 4.69) is 10.3 Å². The highest BCUT2D eigenvalue weighted by atomic mass is 35.5. The number of ether oxygens (including phenoxy) is 2. The SMILES string of the molecule is CCc1nc(C(=O)OC)c(NC(=O)C(C)Oc2ccccc2Cl)s1. The largest absolute Gasteiger partial charge is 0.479 e. The van der Waals surface area contributed by atoms with E-state index < -0.39 is 18.0 Å². The lowest BCUT2D eigenvalue weighted by atomic mass is 10.3. The number of rotatable bonds is 6. The van der Waals surface area contributed by atoms with Gasteiger partial charge in [0, 0.05) is 0 Å². The van der Waals surface area contributed by atoms with E-state index in [1.807, 2.05) is 6.92 Å². The van der Waals surface area contributed by atoms with Crippen molar-refractivity contribution in [3.05, 3.63) is 40.0 Å². The molecule has 1 amide bonds. The van der Waals surface area contributed by atoms with Crippen molar-refractivity contribution in [2.75, 3.05) is 12.4 Å². The van der Waals surface area contributed by atoms with Crippen LogP contribution >= 0.6 is 22.9 Å². The van der Waals surface area contributed by atoms with Gasteiger partial charge in [0.2, 0.25) is 0 Å². The second-order valence-electron chi connectivity index (χ2n) is 4.81. The van der Waals surface area contributed by atoms with Crippen molar-refractivity contribution >= 4 is 39.8 Å². The number of methoxy groups -OCH3 is 1. The molecule has 128 valence electrons. The molecule has 1 atom stereocenters. The average molecular weight is 369 g/mol. The fraction of sp³-hybridized carbons (Fsp3) is 0.312. The summed E-state index contributed by atoms with van der Waals surface area (Å²) in [7, 11) is 1.27. The Kier molecular flexibility index (Phi) is 6.16. The summed E-state index contributed by atoms with van der Waals surface area (Å²) in [6, 6.07) is 6.88. The molecule has 0 fully saturated rings. The molecule has 24 heavy (non-hydrogen) atoms. The van der Waals surface area contributed by atoms with Crippen LogP contribution in [-0.2, 0) is 16.0 Å². The van der Waals surface area contributed by atoms with Gasteiger partial charge in [-0.1, -0.05) is 30.7 Å². The maximum absolute atomic E-state index is 12.3. The van der Waals surface area contributed by atoms with Gasteiger partial charge >= 0.3 is 5.97 Å². The molecule has 1 aromatic carbocycles. The number of esters is 1. The lowest BCUT2D eigenvalue weighted by Crippen LogP contribution is -2.30. The van der Waals surface area contributed by atoms with E-state index in [0.29, 0.717) is 22.2 Å². The van der Waals surface area contributed by atoms with Gasteiger partial charge in [-0.05, 0) is 25.5 Å². The molecule has 8 heteroatoms. The topological polar surface area (TPSA) is 77.5 Å². The van der Waals surface area contributed by atoms with Gasteiger partial charge in [-0.3, -0.25) is 4.79 Å². The minimum Gasteiger partial charge on any atom is -0.479 e. The third-order valence-corrected chi connectivity index (χ3v) is 4.53. The summed E-state index contributed by atoms with van der Waals surface area (Å²) >= 11 is 7.25. The van der Waals surface area contributed by atoms with Crippen LogP contribution < -0.4 is 10.1 Å². The molecule has 1 aromatic heterocycles. The molecular formula is C16H17ClN2O4S. The Bertz CT molecular complexity index is 747. The van der Waals surface area contributed by atoms with Crippen LogP contribution in [0.1, 0.15) is 29.3 Å². The Morgan fingerprint density at radius 2 is 2.08 bits per heavy atom. The molecule has 0 aliphatic heterocycles. The molecule has 0 aliphatic carbocycles. The molecule has 1 heterocycles. The number of hydrogen-bond donors (Lipinski definition) is 1. The van der Waals surface area contributed by atoms with E-state index >= 15 is 0 Å². The first-order chi connectivity index (χ1) is 11.5. The molecule has 0 bridgehead atoms. The minimum atomic E-state index is -0.803. The summed E-state index contributed by atoms with van der Waals surface area (Å²) in [6.45, 7) is 3.51. The first-order valence-electron chi connectivity index (χ1n) is 7.26. The zero-order chi connectivity index (χ0) is 17.7. The Morgan fingerprint density at radius 1 is 1.38 bits per heavy atom. The fourth-order valence-corrected chi connectivity index (χ4v) is 2.91. The van der Waals surface area contributed by atoms with Gasteiger partial charge < -0.3 is 14.8 Å². The number of aromatic nitrogens is 1. The molecule has 0 spiro atoms. The van der Waals surface area contributed by atoms with Crippen LogP contribution in [-0.4, -0.2) is 30.1 Å². The lowest BCUT2D eigenvalue weighted by molar-refractivity contribution is -0.122. The fourth-order valence-electron chi connectivity index (χ4n) is 1.83.